The number of hydrogen-bond donors (Lipinski definition) is 3. The van der Waals surface area contributed by atoms with Gasteiger partial charge in [-0.05, 0) is 12.2 Å². The van der Waals surface area contributed by atoms with Crippen LogP contribution in [0.15, 0.2) is 24.8 Å². The average Bonchev–Trinajstić information content (AvgIpc) is 3.02. The van der Waals surface area contributed by atoms with Gasteiger partial charge in [-0.3, -0.25) is 4.57 Å². The van der Waals surface area contributed by atoms with Crippen LogP contribution < -0.4 is 5.73 Å². The van der Waals surface area contributed by atoms with Crippen LogP contribution in [0.2, 0.25) is 0 Å². The Morgan fingerprint density at radius 1 is 1.33 bits per heavy atom. The number of nitrogens with zero attached hydrogens (tertiary/aromatic N) is 4. The lowest BCUT2D eigenvalue weighted by molar-refractivity contribution is -0.0244. The van der Waals surface area contributed by atoms with E-state index in [1.54, 1.807) is 0 Å². The van der Waals surface area contributed by atoms with Crippen LogP contribution in [0.4, 0.5) is 5.82 Å². The van der Waals surface area contributed by atoms with Crippen molar-refractivity contribution < 1.29 is 14.9 Å². The Balaban J connectivity index is 1.98. The van der Waals surface area contributed by atoms with Gasteiger partial charge in [-0.15, -0.1) is 6.42 Å². The second-order valence-corrected chi connectivity index (χ2v) is 4.58. The molecule has 1 aliphatic rings. The lowest BCUT2D eigenvalue weighted by Crippen LogP contribution is -2.30. The van der Waals surface area contributed by atoms with Gasteiger partial charge in [0, 0.05) is 0 Å². The lowest BCUT2D eigenvalue weighted by Gasteiger charge is -2.16. The Kier molecular flexibility index (Phi) is 3.31. The van der Waals surface area contributed by atoms with Gasteiger partial charge in [-0.25, -0.2) is 15.0 Å². The van der Waals surface area contributed by atoms with Crippen LogP contribution in [0.3, 0.4) is 0 Å². The maximum Gasteiger partial charge on any atom is 0.167 e. The summed E-state index contributed by atoms with van der Waals surface area (Å²) in [5.41, 5.74) is 6.53. The van der Waals surface area contributed by atoms with Crippen molar-refractivity contribution in [1.82, 2.24) is 19.5 Å². The Morgan fingerprint density at radius 3 is 2.90 bits per heavy atom. The minimum Gasteiger partial charge on any atom is -0.387 e. The summed E-state index contributed by atoms with van der Waals surface area (Å²) in [6, 6.07) is 0. The highest BCUT2D eigenvalue weighted by Gasteiger charge is 2.43. The zero-order valence-corrected chi connectivity index (χ0v) is 10.9. The number of ether oxygens (including phenoxy) is 1. The first-order valence-corrected chi connectivity index (χ1v) is 6.21. The van der Waals surface area contributed by atoms with E-state index in [1.165, 1.54) is 29.4 Å². The maximum absolute atomic E-state index is 10.1. The molecule has 21 heavy (non-hydrogen) atoms. The normalized spacial score (nSPS) is 29.2. The van der Waals surface area contributed by atoms with Gasteiger partial charge in [0.25, 0.3) is 0 Å². The van der Waals surface area contributed by atoms with E-state index < -0.39 is 24.5 Å². The number of aliphatic hydroxyl groups is 2. The van der Waals surface area contributed by atoms with Crippen LogP contribution in [0.5, 0.6) is 0 Å². The first-order valence-electron chi connectivity index (χ1n) is 6.21. The Morgan fingerprint density at radius 2 is 2.14 bits per heavy atom. The molecule has 3 rings (SSSR count). The topological polar surface area (TPSA) is 119 Å². The summed E-state index contributed by atoms with van der Waals surface area (Å²) in [5.74, 6) is 2.54. The highest BCUT2D eigenvalue weighted by Crippen LogP contribution is 2.32. The van der Waals surface area contributed by atoms with E-state index in [2.05, 4.69) is 20.9 Å². The number of nitrogen functional groups attached to an aromatic ring is 1. The number of aromatic nitrogens is 4. The molecule has 0 saturated carbocycles. The number of anilines is 1. The second kappa shape index (κ2) is 5.14. The molecule has 0 spiro atoms. The molecule has 0 bridgehead atoms. The molecule has 1 aliphatic heterocycles. The summed E-state index contributed by atoms with van der Waals surface area (Å²) in [4.78, 5) is 12.0. The summed E-state index contributed by atoms with van der Waals surface area (Å²) in [5, 5.41) is 20.1. The van der Waals surface area contributed by atoms with E-state index in [1.807, 2.05) is 0 Å². The summed E-state index contributed by atoms with van der Waals surface area (Å²) < 4.78 is 7.12. The molecule has 4 N–H and O–H groups in total. The Hall–Kier alpha value is -2.47. The number of allylic oxidation sites excluding steroid dienone is 1. The number of rotatable bonds is 2. The van der Waals surface area contributed by atoms with Crippen molar-refractivity contribution in [2.24, 2.45) is 0 Å². The molecule has 1 fully saturated rings. The highest BCUT2D eigenvalue weighted by atomic mass is 16.6. The van der Waals surface area contributed by atoms with Crippen LogP contribution in [0.25, 0.3) is 11.2 Å². The zero-order chi connectivity index (χ0) is 15.0. The SMILES string of the molecule is C#CC=C[C@H]1O[C@@H](n2cnc3c(N)ncnc32)[C@H](O)[C@@H]1O. The molecule has 8 heteroatoms. The van der Waals surface area contributed by atoms with Gasteiger partial charge in [0.1, 0.15) is 30.2 Å². The number of aliphatic hydroxyl groups excluding tert-OH is 2. The molecule has 2 aromatic heterocycles. The van der Waals surface area contributed by atoms with Crippen molar-refractivity contribution in [2.75, 3.05) is 5.73 Å². The molecule has 3 heterocycles. The van der Waals surface area contributed by atoms with Gasteiger partial charge in [-0.2, -0.15) is 0 Å². The van der Waals surface area contributed by atoms with E-state index >= 15 is 0 Å². The summed E-state index contributed by atoms with van der Waals surface area (Å²) in [7, 11) is 0. The van der Waals surface area contributed by atoms with Crippen molar-refractivity contribution in [1.29, 1.82) is 0 Å². The third-order valence-corrected chi connectivity index (χ3v) is 3.32. The average molecular weight is 287 g/mol. The molecule has 0 amide bonds. The maximum atomic E-state index is 10.1. The van der Waals surface area contributed by atoms with Crippen molar-refractivity contribution in [3.8, 4) is 12.3 Å². The van der Waals surface area contributed by atoms with Gasteiger partial charge in [-0.1, -0.05) is 5.92 Å². The van der Waals surface area contributed by atoms with E-state index in [0.717, 1.165) is 0 Å². The molecular weight excluding hydrogens is 274 g/mol. The quantitative estimate of drug-likeness (QED) is 0.620. The first kappa shape index (κ1) is 13.5. The van der Waals surface area contributed by atoms with E-state index in [4.69, 9.17) is 16.9 Å². The molecule has 108 valence electrons. The number of hydrogen-bond acceptors (Lipinski definition) is 7. The summed E-state index contributed by atoms with van der Waals surface area (Å²) >= 11 is 0. The predicted octanol–water partition coefficient (Wildman–Crippen LogP) is -0.783. The molecule has 0 aromatic carbocycles. The van der Waals surface area contributed by atoms with Crippen molar-refractivity contribution in [2.45, 2.75) is 24.5 Å². The fourth-order valence-corrected chi connectivity index (χ4v) is 2.28. The Labute approximate surface area is 119 Å². The van der Waals surface area contributed by atoms with Gasteiger partial charge in [0.15, 0.2) is 17.7 Å². The zero-order valence-electron chi connectivity index (χ0n) is 10.9. The molecular formula is C13H13N5O3. The van der Waals surface area contributed by atoms with Gasteiger partial charge >= 0.3 is 0 Å². The van der Waals surface area contributed by atoms with Crippen LogP contribution in [0.1, 0.15) is 6.23 Å². The van der Waals surface area contributed by atoms with Crippen molar-refractivity contribution in [3.05, 3.63) is 24.8 Å². The third-order valence-electron chi connectivity index (χ3n) is 3.32. The monoisotopic (exact) mass is 287 g/mol. The predicted molar refractivity (Wildman–Crippen MR) is 73.6 cm³/mol. The standard InChI is InChI=1S/C13H13N5O3/c1-2-3-4-7-9(19)10(20)13(21-7)18-6-17-8-11(14)15-5-16-12(8)18/h1,3-7,9-10,13,19-20H,(H2,14,15,16)/t7-,9-,10-,13-/m1/s1. The van der Waals surface area contributed by atoms with Crippen LogP contribution in [-0.4, -0.2) is 48.0 Å². The summed E-state index contributed by atoms with van der Waals surface area (Å²) in [6.07, 6.45) is 6.98. The molecule has 0 unspecified atom stereocenters. The van der Waals surface area contributed by atoms with Crippen LogP contribution in [0, 0.1) is 12.3 Å². The van der Waals surface area contributed by atoms with Gasteiger partial charge in [0.2, 0.25) is 0 Å². The van der Waals surface area contributed by atoms with Crippen molar-refractivity contribution in [3.63, 3.8) is 0 Å². The number of nitrogens with two attached hydrogens (primary N) is 1. The molecule has 2 aromatic rings. The van der Waals surface area contributed by atoms with Crippen LogP contribution in [-0.2, 0) is 4.74 Å². The van der Waals surface area contributed by atoms with Crippen LogP contribution >= 0.6 is 0 Å². The van der Waals surface area contributed by atoms with E-state index in [-0.39, 0.29) is 5.82 Å². The summed E-state index contributed by atoms with van der Waals surface area (Å²) in [6.45, 7) is 0. The number of terminal acetylenes is 1. The van der Waals surface area contributed by atoms with Crippen molar-refractivity contribution >= 4 is 17.0 Å². The minimum absolute atomic E-state index is 0.232. The van der Waals surface area contributed by atoms with Gasteiger partial charge < -0.3 is 20.7 Å². The Bertz CT molecular complexity index is 735. The molecule has 0 aliphatic carbocycles. The fraction of sp³-hybridized carbons (Fsp3) is 0.308. The van der Waals surface area contributed by atoms with Gasteiger partial charge in [0.05, 0.1) is 6.33 Å². The third kappa shape index (κ3) is 2.13. The highest BCUT2D eigenvalue weighted by molar-refractivity contribution is 5.81. The van der Waals surface area contributed by atoms with E-state index in [9.17, 15) is 10.2 Å². The number of fused-ring (bicyclic) bond motifs is 1. The minimum atomic E-state index is -1.15. The smallest absolute Gasteiger partial charge is 0.167 e. The molecule has 8 nitrogen and oxygen atoms in total. The fourth-order valence-electron chi connectivity index (χ4n) is 2.28. The van der Waals surface area contributed by atoms with E-state index in [0.29, 0.717) is 11.2 Å². The molecule has 0 radical (unpaired) electrons. The lowest BCUT2D eigenvalue weighted by atomic mass is 10.1. The molecule has 1 saturated heterocycles. The number of imidazole rings is 1. The second-order valence-electron chi connectivity index (χ2n) is 4.58. The molecule has 4 atom stereocenters. The largest absolute Gasteiger partial charge is 0.387 e. The first-order chi connectivity index (χ1) is 10.1.